The fourth-order valence-corrected chi connectivity index (χ4v) is 3.45. The Balaban J connectivity index is 1.77. The van der Waals surface area contributed by atoms with E-state index >= 15 is 4.39 Å². The summed E-state index contributed by atoms with van der Waals surface area (Å²) < 4.78 is 75.2. The molecule has 7 nitrogen and oxygen atoms in total. The fraction of sp³-hybridized carbons (Fsp3) is 0.318. The van der Waals surface area contributed by atoms with Gasteiger partial charge in [0.25, 0.3) is 5.91 Å². The first-order valence-electron chi connectivity index (χ1n) is 10.4. The minimum absolute atomic E-state index is 0.0157. The molecular weight excluding hydrogens is 499 g/mol. The van der Waals surface area contributed by atoms with E-state index < -0.39 is 53.4 Å². The Hall–Kier alpha value is -3.25. The van der Waals surface area contributed by atoms with Crippen LogP contribution in [-0.4, -0.2) is 38.1 Å². The highest BCUT2D eigenvalue weighted by Gasteiger charge is 2.39. The van der Waals surface area contributed by atoms with Crippen molar-refractivity contribution in [2.75, 3.05) is 5.32 Å². The van der Waals surface area contributed by atoms with E-state index in [0.717, 1.165) is 25.0 Å². The number of aliphatic hydroxyl groups excluding tert-OH is 1. The molecule has 3 aromatic rings. The Morgan fingerprint density at radius 3 is 2.60 bits per heavy atom. The molecule has 2 aromatic carbocycles. The van der Waals surface area contributed by atoms with Crippen LogP contribution in [-0.2, 0) is 6.61 Å². The van der Waals surface area contributed by atoms with Gasteiger partial charge < -0.3 is 15.2 Å². The Bertz CT molecular complexity index is 1260. The number of hydrogen-bond acceptors (Lipinski definition) is 5. The Kier molecular flexibility index (Phi) is 6.69. The van der Waals surface area contributed by atoms with Gasteiger partial charge in [-0.2, -0.15) is 18.3 Å². The first kappa shape index (κ1) is 24.9. The second-order valence-corrected chi connectivity index (χ2v) is 8.27. The van der Waals surface area contributed by atoms with E-state index in [9.17, 15) is 27.5 Å². The van der Waals surface area contributed by atoms with E-state index in [-0.39, 0.29) is 28.3 Å². The number of alkyl halides is 3. The van der Waals surface area contributed by atoms with E-state index in [1.54, 1.807) is 0 Å². The summed E-state index contributed by atoms with van der Waals surface area (Å²) in [6, 6.07) is 5.08. The molecule has 1 fully saturated rings. The van der Waals surface area contributed by atoms with Crippen molar-refractivity contribution in [3.05, 3.63) is 58.4 Å². The van der Waals surface area contributed by atoms with Crippen LogP contribution >= 0.6 is 11.6 Å². The molecule has 1 aliphatic rings. The molecule has 0 aliphatic heterocycles. The number of halogens is 6. The van der Waals surface area contributed by atoms with Gasteiger partial charge in [-0.05, 0) is 44.0 Å². The maximum absolute atomic E-state index is 15.1. The van der Waals surface area contributed by atoms with E-state index in [2.05, 4.69) is 15.4 Å². The fourth-order valence-electron chi connectivity index (χ4n) is 3.24. The zero-order chi connectivity index (χ0) is 25.5. The quantitative estimate of drug-likeness (QED) is 0.417. The van der Waals surface area contributed by atoms with Crippen molar-refractivity contribution in [3.8, 4) is 17.1 Å². The third kappa shape index (κ3) is 5.22. The van der Waals surface area contributed by atoms with E-state index in [1.807, 2.05) is 0 Å². The zero-order valence-corrected chi connectivity index (χ0v) is 18.8. The number of hydrogen-bond donors (Lipinski definition) is 2. The average molecular weight is 517 g/mol. The van der Waals surface area contributed by atoms with Gasteiger partial charge in [-0.15, -0.1) is 0 Å². The topological polar surface area (TPSA) is 89.3 Å². The second kappa shape index (κ2) is 9.42. The van der Waals surface area contributed by atoms with Gasteiger partial charge >= 0.3 is 6.18 Å². The summed E-state index contributed by atoms with van der Waals surface area (Å²) in [7, 11) is 0. The second-order valence-electron chi connectivity index (χ2n) is 7.87. The van der Waals surface area contributed by atoms with Gasteiger partial charge in [-0.1, -0.05) is 17.7 Å². The zero-order valence-electron chi connectivity index (χ0n) is 18.0. The molecule has 2 N–H and O–H groups in total. The molecule has 1 aliphatic carbocycles. The lowest BCUT2D eigenvalue weighted by Gasteiger charge is -2.20. The lowest BCUT2D eigenvalue weighted by Crippen LogP contribution is -2.32. The van der Waals surface area contributed by atoms with Crippen molar-refractivity contribution >= 4 is 23.2 Å². The van der Waals surface area contributed by atoms with Crippen LogP contribution in [0.1, 0.15) is 42.0 Å². The predicted octanol–water partition coefficient (Wildman–Crippen LogP) is 5.29. The van der Waals surface area contributed by atoms with Crippen LogP contribution in [0, 0.1) is 11.6 Å². The van der Waals surface area contributed by atoms with Crippen LogP contribution in [0.2, 0.25) is 5.02 Å². The van der Waals surface area contributed by atoms with Crippen LogP contribution in [0.15, 0.2) is 30.3 Å². The van der Waals surface area contributed by atoms with E-state index in [0.29, 0.717) is 13.0 Å². The number of aliphatic hydroxyl groups is 1. The maximum atomic E-state index is 15.1. The number of carbonyl (C=O) groups is 1. The van der Waals surface area contributed by atoms with Gasteiger partial charge in [-0.25, -0.2) is 18.4 Å². The highest BCUT2D eigenvalue weighted by atomic mass is 35.5. The van der Waals surface area contributed by atoms with Crippen molar-refractivity contribution < 1.29 is 36.6 Å². The number of nitrogens with zero attached hydrogens (tertiary/aromatic N) is 3. The molecule has 186 valence electrons. The van der Waals surface area contributed by atoms with Gasteiger partial charge in [0, 0.05) is 0 Å². The molecule has 0 saturated heterocycles. The smallest absolute Gasteiger partial charge is 0.425 e. The largest absolute Gasteiger partial charge is 0.480 e. The number of nitrogens with one attached hydrogen (secondary N) is 1. The van der Waals surface area contributed by atoms with Gasteiger partial charge in [0.1, 0.15) is 24.0 Å². The maximum Gasteiger partial charge on any atom is 0.425 e. The highest BCUT2D eigenvalue weighted by molar-refractivity contribution is 6.34. The molecule has 1 saturated carbocycles. The molecule has 13 heteroatoms. The number of aromatic nitrogens is 3. The standard InChI is InChI=1S/C22H18ClF5N4O3/c1-10(22(26,27)28)35-17-8-12(20-29-18(9-33)32(31-20)11-5-6-11)16(25)7-13(17)21(34)30-19-14(23)3-2-4-15(19)24/h2-4,7-8,10-11,33H,5-6,9H2,1H3,(H,30,34). The normalized spacial score (nSPS) is 14.6. The molecule has 0 radical (unpaired) electrons. The third-order valence-electron chi connectivity index (χ3n) is 5.26. The minimum atomic E-state index is -4.80. The molecule has 35 heavy (non-hydrogen) atoms. The van der Waals surface area contributed by atoms with Crippen molar-refractivity contribution in [1.82, 2.24) is 14.8 Å². The number of benzene rings is 2. The third-order valence-corrected chi connectivity index (χ3v) is 5.57. The summed E-state index contributed by atoms with van der Waals surface area (Å²) in [5.74, 6) is -3.78. The number of para-hydroxylation sites is 1. The Morgan fingerprint density at radius 2 is 2.00 bits per heavy atom. The van der Waals surface area contributed by atoms with Gasteiger partial charge in [-0.3, -0.25) is 4.79 Å². The number of anilines is 1. The van der Waals surface area contributed by atoms with Crippen LogP contribution in [0.25, 0.3) is 11.4 Å². The molecule has 1 unspecified atom stereocenters. The number of rotatable bonds is 7. The first-order chi connectivity index (χ1) is 16.5. The van der Waals surface area contributed by atoms with Crippen molar-refractivity contribution in [3.63, 3.8) is 0 Å². The molecule has 1 atom stereocenters. The molecule has 1 heterocycles. The number of amides is 1. The molecule has 0 bridgehead atoms. The van der Waals surface area contributed by atoms with Crippen molar-refractivity contribution in [1.29, 1.82) is 0 Å². The highest BCUT2D eigenvalue weighted by Crippen LogP contribution is 2.37. The minimum Gasteiger partial charge on any atom is -0.480 e. The van der Waals surface area contributed by atoms with Crippen LogP contribution < -0.4 is 10.1 Å². The summed E-state index contributed by atoms with van der Waals surface area (Å²) in [5, 5.41) is 15.7. The molecule has 0 spiro atoms. The molecule has 4 rings (SSSR count). The molecule has 1 aromatic heterocycles. The van der Waals surface area contributed by atoms with Crippen LogP contribution in [0.5, 0.6) is 5.75 Å². The average Bonchev–Trinajstić information content (AvgIpc) is 3.55. The van der Waals surface area contributed by atoms with Crippen LogP contribution in [0.4, 0.5) is 27.6 Å². The summed E-state index contributed by atoms with van der Waals surface area (Å²) in [4.78, 5) is 16.9. The predicted molar refractivity (Wildman–Crippen MR) is 115 cm³/mol. The van der Waals surface area contributed by atoms with E-state index in [4.69, 9.17) is 16.3 Å². The van der Waals surface area contributed by atoms with Crippen molar-refractivity contribution in [2.45, 2.75) is 44.7 Å². The summed E-state index contributed by atoms with van der Waals surface area (Å²) >= 11 is 5.89. The van der Waals surface area contributed by atoms with Gasteiger partial charge in [0.05, 0.1) is 27.9 Å². The van der Waals surface area contributed by atoms with E-state index in [1.165, 1.54) is 16.8 Å². The van der Waals surface area contributed by atoms with Crippen LogP contribution in [0.3, 0.4) is 0 Å². The number of carbonyl (C=O) groups excluding carboxylic acids is 1. The molecular formula is C22H18ClF5N4O3. The summed E-state index contributed by atoms with van der Waals surface area (Å²) in [6.45, 7) is 0.228. The summed E-state index contributed by atoms with van der Waals surface area (Å²) in [5.41, 5.74) is -1.41. The lowest BCUT2D eigenvalue weighted by molar-refractivity contribution is -0.189. The van der Waals surface area contributed by atoms with Gasteiger partial charge in [0.15, 0.2) is 17.8 Å². The molecule has 1 amide bonds. The lowest BCUT2D eigenvalue weighted by atomic mass is 10.1. The first-order valence-corrected chi connectivity index (χ1v) is 10.8. The van der Waals surface area contributed by atoms with Gasteiger partial charge in [0.2, 0.25) is 0 Å². The number of ether oxygens (including phenoxy) is 1. The van der Waals surface area contributed by atoms with Crippen molar-refractivity contribution in [2.24, 2.45) is 0 Å². The SMILES string of the molecule is CC(Oc1cc(-c2nc(CO)n(C3CC3)n2)c(F)cc1C(=O)Nc1c(F)cccc1Cl)C(F)(F)F. The monoisotopic (exact) mass is 516 g/mol. The Morgan fingerprint density at radius 1 is 1.29 bits per heavy atom. The summed E-state index contributed by atoms with van der Waals surface area (Å²) in [6.07, 6.45) is -5.59. The Labute approximate surface area is 200 Å².